The summed E-state index contributed by atoms with van der Waals surface area (Å²) < 4.78 is 23.6. The SMILES string of the molecule is CCS(=O)(=O)NCCS. The van der Waals surface area contributed by atoms with Gasteiger partial charge in [-0.25, -0.2) is 13.1 Å². The van der Waals surface area contributed by atoms with Crippen LogP contribution in [-0.4, -0.2) is 26.5 Å². The number of nitrogens with one attached hydrogen (secondary N) is 1. The Morgan fingerprint density at radius 2 is 2.11 bits per heavy atom. The van der Waals surface area contributed by atoms with E-state index in [2.05, 4.69) is 17.4 Å². The molecule has 0 saturated carbocycles. The number of thiol groups is 1. The first-order valence-electron chi connectivity index (χ1n) is 2.70. The Morgan fingerprint density at radius 3 is 2.44 bits per heavy atom. The molecule has 0 heterocycles. The van der Waals surface area contributed by atoms with Crippen LogP contribution in [0.2, 0.25) is 0 Å². The summed E-state index contributed by atoms with van der Waals surface area (Å²) in [5.74, 6) is 0.681. The van der Waals surface area contributed by atoms with Crippen LogP contribution < -0.4 is 4.72 Å². The Balaban J connectivity index is 3.61. The van der Waals surface area contributed by atoms with Gasteiger partial charge in [0.15, 0.2) is 0 Å². The van der Waals surface area contributed by atoms with Gasteiger partial charge in [-0.3, -0.25) is 0 Å². The average molecular weight is 169 g/mol. The Kier molecular flexibility index (Phi) is 4.26. The van der Waals surface area contributed by atoms with E-state index in [1.165, 1.54) is 0 Å². The van der Waals surface area contributed by atoms with Crippen LogP contribution in [0.4, 0.5) is 0 Å². The van der Waals surface area contributed by atoms with Crippen molar-refractivity contribution in [1.29, 1.82) is 0 Å². The third-order valence-electron chi connectivity index (χ3n) is 0.814. The van der Waals surface area contributed by atoms with E-state index in [1.54, 1.807) is 6.92 Å². The van der Waals surface area contributed by atoms with Crippen LogP contribution in [0.5, 0.6) is 0 Å². The van der Waals surface area contributed by atoms with Gasteiger partial charge in [0, 0.05) is 12.3 Å². The Morgan fingerprint density at radius 1 is 1.56 bits per heavy atom. The van der Waals surface area contributed by atoms with Crippen molar-refractivity contribution in [1.82, 2.24) is 4.72 Å². The summed E-state index contributed by atoms with van der Waals surface area (Å²) in [4.78, 5) is 0. The van der Waals surface area contributed by atoms with Crippen molar-refractivity contribution in [3.63, 3.8) is 0 Å². The standard InChI is InChI=1S/C4H11NO2S2/c1-2-9(6,7)5-3-4-8/h5,8H,2-4H2,1H3. The first kappa shape index (κ1) is 9.26. The maximum absolute atomic E-state index is 10.6. The molecule has 0 aromatic rings. The topological polar surface area (TPSA) is 46.2 Å². The van der Waals surface area contributed by atoms with Crippen molar-refractivity contribution in [2.24, 2.45) is 0 Å². The summed E-state index contributed by atoms with van der Waals surface area (Å²) in [7, 11) is -2.98. The van der Waals surface area contributed by atoms with Crippen LogP contribution in [0.3, 0.4) is 0 Å². The number of rotatable bonds is 4. The van der Waals surface area contributed by atoms with Crippen molar-refractivity contribution in [3.8, 4) is 0 Å². The molecule has 1 N–H and O–H groups in total. The van der Waals surface area contributed by atoms with Crippen molar-refractivity contribution < 1.29 is 8.42 Å². The molecule has 3 nitrogen and oxygen atoms in total. The smallest absolute Gasteiger partial charge is 0.211 e. The third-order valence-corrected chi connectivity index (χ3v) is 2.44. The molecule has 0 aliphatic carbocycles. The lowest BCUT2D eigenvalue weighted by Gasteiger charge is -1.99. The van der Waals surface area contributed by atoms with E-state index < -0.39 is 10.0 Å². The molecule has 5 heteroatoms. The van der Waals surface area contributed by atoms with Gasteiger partial charge in [-0.05, 0) is 6.92 Å². The molecule has 0 spiro atoms. The molecule has 0 unspecified atom stereocenters. The number of hydrogen-bond acceptors (Lipinski definition) is 3. The molecule has 0 atom stereocenters. The fourth-order valence-corrected chi connectivity index (χ4v) is 1.18. The lowest BCUT2D eigenvalue weighted by Crippen LogP contribution is -2.26. The molecule has 0 aromatic heterocycles. The van der Waals surface area contributed by atoms with Gasteiger partial charge < -0.3 is 0 Å². The van der Waals surface area contributed by atoms with Crippen LogP contribution in [-0.2, 0) is 10.0 Å². The van der Waals surface area contributed by atoms with Crippen LogP contribution in [0.25, 0.3) is 0 Å². The molecule has 0 rings (SSSR count). The third kappa shape index (κ3) is 4.74. The molecule has 9 heavy (non-hydrogen) atoms. The van der Waals surface area contributed by atoms with E-state index in [4.69, 9.17) is 0 Å². The Hall–Kier alpha value is 0.260. The van der Waals surface area contributed by atoms with Gasteiger partial charge in [-0.2, -0.15) is 12.6 Å². The highest BCUT2D eigenvalue weighted by Crippen LogP contribution is 1.80. The second kappa shape index (κ2) is 4.14. The molecule has 0 saturated heterocycles. The van der Waals surface area contributed by atoms with Gasteiger partial charge in [0.1, 0.15) is 0 Å². The molecule has 0 aliphatic heterocycles. The van der Waals surface area contributed by atoms with Crippen LogP contribution in [0, 0.1) is 0 Å². The van der Waals surface area contributed by atoms with Gasteiger partial charge >= 0.3 is 0 Å². The van der Waals surface area contributed by atoms with E-state index in [-0.39, 0.29) is 5.75 Å². The monoisotopic (exact) mass is 169 g/mol. The second-order valence-corrected chi connectivity index (χ2v) is 4.06. The van der Waals surface area contributed by atoms with Crippen molar-refractivity contribution in [3.05, 3.63) is 0 Å². The van der Waals surface area contributed by atoms with Crippen LogP contribution in [0.15, 0.2) is 0 Å². The fraction of sp³-hybridized carbons (Fsp3) is 1.00. The van der Waals surface area contributed by atoms with E-state index >= 15 is 0 Å². The molecule has 0 fully saturated rings. The fourth-order valence-electron chi connectivity index (χ4n) is 0.303. The predicted molar refractivity (Wildman–Crippen MR) is 41.3 cm³/mol. The van der Waals surface area contributed by atoms with Crippen molar-refractivity contribution in [2.45, 2.75) is 6.92 Å². The number of sulfonamides is 1. The molecule has 0 amide bonds. The minimum atomic E-state index is -2.98. The minimum absolute atomic E-state index is 0.140. The van der Waals surface area contributed by atoms with Crippen molar-refractivity contribution in [2.75, 3.05) is 18.1 Å². The predicted octanol–water partition coefficient (Wildman–Crippen LogP) is -0.144. The highest BCUT2D eigenvalue weighted by atomic mass is 32.2. The molecule has 0 aliphatic rings. The highest BCUT2D eigenvalue weighted by molar-refractivity contribution is 7.89. The largest absolute Gasteiger partial charge is 0.214 e. The van der Waals surface area contributed by atoms with E-state index in [1.807, 2.05) is 0 Å². The zero-order valence-electron chi connectivity index (χ0n) is 5.29. The number of hydrogen-bond donors (Lipinski definition) is 2. The summed E-state index contributed by atoms with van der Waals surface area (Å²) in [6.45, 7) is 2.01. The summed E-state index contributed by atoms with van der Waals surface area (Å²) in [5.41, 5.74) is 0. The molecular weight excluding hydrogens is 158 g/mol. The highest BCUT2D eigenvalue weighted by Gasteiger charge is 2.02. The Labute approximate surface area is 61.3 Å². The second-order valence-electron chi connectivity index (χ2n) is 1.52. The molecule has 0 bridgehead atoms. The van der Waals surface area contributed by atoms with Crippen molar-refractivity contribution >= 4 is 22.7 Å². The van der Waals surface area contributed by atoms with E-state index in [0.29, 0.717) is 12.3 Å². The van der Waals surface area contributed by atoms with Crippen LogP contribution >= 0.6 is 12.6 Å². The maximum Gasteiger partial charge on any atom is 0.211 e. The van der Waals surface area contributed by atoms with E-state index in [9.17, 15) is 8.42 Å². The molecular formula is C4H11NO2S2. The maximum atomic E-state index is 10.6. The van der Waals surface area contributed by atoms with Gasteiger partial charge in [0.2, 0.25) is 10.0 Å². The van der Waals surface area contributed by atoms with Crippen LogP contribution in [0.1, 0.15) is 6.92 Å². The normalized spacial score (nSPS) is 11.8. The molecule has 0 aromatic carbocycles. The summed E-state index contributed by atoms with van der Waals surface area (Å²) in [5, 5.41) is 0. The average Bonchev–Trinajstić information content (AvgIpc) is 1.84. The zero-order valence-corrected chi connectivity index (χ0v) is 7.00. The lowest BCUT2D eigenvalue weighted by atomic mass is 10.8. The van der Waals surface area contributed by atoms with Gasteiger partial charge in [-0.15, -0.1) is 0 Å². The zero-order chi connectivity index (χ0) is 7.33. The summed E-state index contributed by atoms with van der Waals surface area (Å²) in [6, 6.07) is 0. The Bertz CT molecular complexity index is 152. The first-order valence-corrected chi connectivity index (χ1v) is 4.99. The molecule has 56 valence electrons. The first-order chi connectivity index (χ1) is 4.12. The minimum Gasteiger partial charge on any atom is -0.214 e. The van der Waals surface area contributed by atoms with Gasteiger partial charge in [0.25, 0.3) is 0 Å². The quantitative estimate of drug-likeness (QED) is 0.575. The van der Waals surface area contributed by atoms with E-state index in [0.717, 1.165) is 0 Å². The van der Waals surface area contributed by atoms with Gasteiger partial charge in [-0.1, -0.05) is 0 Å². The summed E-state index contributed by atoms with van der Waals surface area (Å²) in [6.07, 6.45) is 0. The van der Waals surface area contributed by atoms with Gasteiger partial charge in [0.05, 0.1) is 5.75 Å². The molecule has 0 radical (unpaired) electrons. The summed E-state index contributed by atoms with van der Waals surface area (Å²) >= 11 is 3.84. The lowest BCUT2D eigenvalue weighted by molar-refractivity contribution is 0.585.